The molecular formula is C26H27FN8O. The smallest absolute Gasteiger partial charge is 0.271 e. The predicted molar refractivity (Wildman–Crippen MR) is 134 cm³/mol. The summed E-state index contributed by atoms with van der Waals surface area (Å²) in [5, 5.41) is 3.74. The maximum atomic E-state index is 15.0. The van der Waals surface area contributed by atoms with Crippen LogP contribution < -0.4 is 16.0 Å². The number of imidazole rings is 1. The number of fused-ring (bicyclic) bond motifs is 1. The number of amides is 1. The van der Waals surface area contributed by atoms with Crippen LogP contribution >= 0.6 is 0 Å². The van der Waals surface area contributed by atoms with Crippen LogP contribution in [-0.4, -0.2) is 43.5 Å². The van der Waals surface area contributed by atoms with E-state index in [9.17, 15) is 9.18 Å². The van der Waals surface area contributed by atoms with Crippen LogP contribution in [0.4, 0.5) is 16.2 Å². The van der Waals surface area contributed by atoms with Crippen molar-refractivity contribution >= 4 is 28.4 Å². The van der Waals surface area contributed by atoms with Gasteiger partial charge in [0.05, 0.1) is 6.54 Å². The molecule has 0 radical (unpaired) electrons. The second-order valence-electron chi connectivity index (χ2n) is 9.48. The van der Waals surface area contributed by atoms with Crippen molar-refractivity contribution in [1.82, 2.24) is 29.8 Å². The number of aromatic nitrogens is 5. The summed E-state index contributed by atoms with van der Waals surface area (Å²) >= 11 is 0. The molecule has 1 saturated heterocycles. The Kier molecular flexibility index (Phi) is 5.71. The summed E-state index contributed by atoms with van der Waals surface area (Å²) in [4.78, 5) is 32.8. The third-order valence-electron chi connectivity index (χ3n) is 6.85. The molecule has 4 aromatic rings. The van der Waals surface area contributed by atoms with Gasteiger partial charge in [0.25, 0.3) is 5.91 Å². The average Bonchev–Trinajstić information content (AvgIpc) is 3.41. The van der Waals surface area contributed by atoms with Crippen molar-refractivity contribution in [3.63, 3.8) is 0 Å². The first-order chi connectivity index (χ1) is 17.6. The summed E-state index contributed by atoms with van der Waals surface area (Å²) in [5.41, 5.74) is 7.49. The molecule has 184 valence electrons. The van der Waals surface area contributed by atoms with Crippen LogP contribution in [0.15, 0.2) is 43.0 Å². The highest BCUT2D eigenvalue weighted by Crippen LogP contribution is 2.39. The summed E-state index contributed by atoms with van der Waals surface area (Å²) in [7, 11) is 0. The van der Waals surface area contributed by atoms with Crippen molar-refractivity contribution in [1.29, 1.82) is 0 Å². The molecule has 9 nitrogen and oxygen atoms in total. The van der Waals surface area contributed by atoms with Crippen LogP contribution in [0, 0.1) is 5.82 Å². The molecule has 1 aliphatic heterocycles. The van der Waals surface area contributed by atoms with Gasteiger partial charge < -0.3 is 20.5 Å². The average molecular weight is 487 g/mol. The van der Waals surface area contributed by atoms with Crippen LogP contribution in [0.2, 0.25) is 0 Å². The molecule has 10 heteroatoms. The van der Waals surface area contributed by atoms with Gasteiger partial charge in [-0.2, -0.15) is 0 Å². The molecule has 1 aromatic carbocycles. The van der Waals surface area contributed by atoms with E-state index in [2.05, 4.69) is 30.2 Å². The summed E-state index contributed by atoms with van der Waals surface area (Å²) in [5.74, 6) is 1.53. The fourth-order valence-corrected chi connectivity index (χ4v) is 4.73. The third kappa shape index (κ3) is 4.34. The van der Waals surface area contributed by atoms with Crippen LogP contribution in [0.1, 0.15) is 59.0 Å². The van der Waals surface area contributed by atoms with E-state index in [1.54, 1.807) is 24.4 Å². The number of halogens is 1. The minimum Gasteiger partial charge on any atom is -0.383 e. The number of anilines is 2. The van der Waals surface area contributed by atoms with E-state index in [0.29, 0.717) is 34.5 Å². The largest absolute Gasteiger partial charge is 0.383 e. The van der Waals surface area contributed by atoms with Gasteiger partial charge in [0.15, 0.2) is 0 Å². The van der Waals surface area contributed by atoms with Crippen LogP contribution in [0.3, 0.4) is 0 Å². The zero-order chi connectivity index (χ0) is 24.6. The Bertz CT molecular complexity index is 1420. The van der Waals surface area contributed by atoms with Crippen LogP contribution in [0.25, 0.3) is 10.8 Å². The van der Waals surface area contributed by atoms with Crippen molar-refractivity contribution in [3.8, 4) is 0 Å². The predicted octanol–water partition coefficient (Wildman–Crippen LogP) is 3.40. The van der Waals surface area contributed by atoms with E-state index in [1.807, 2.05) is 17.0 Å². The highest BCUT2D eigenvalue weighted by molar-refractivity contribution is 5.93. The van der Waals surface area contributed by atoms with Crippen molar-refractivity contribution in [3.05, 3.63) is 71.4 Å². The van der Waals surface area contributed by atoms with Gasteiger partial charge >= 0.3 is 0 Å². The summed E-state index contributed by atoms with van der Waals surface area (Å²) in [6.45, 7) is 2.58. The number of pyridine rings is 1. The SMILES string of the molecule is Nc1nccc2c(F)c(CNC(=O)c3cn(Cc4cnc(N5CCCC5)nc4)c(C4CC4)n3)ccc12. The molecule has 1 aliphatic carbocycles. The van der Waals surface area contributed by atoms with Crippen molar-refractivity contribution in [2.75, 3.05) is 23.7 Å². The minimum atomic E-state index is -0.413. The van der Waals surface area contributed by atoms with Gasteiger partial charge in [-0.15, -0.1) is 0 Å². The molecule has 1 amide bonds. The Hall–Kier alpha value is -4.08. The number of nitrogen functional groups attached to an aromatic ring is 1. The Balaban J connectivity index is 1.17. The van der Waals surface area contributed by atoms with E-state index in [-0.39, 0.29) is 18.3 Å². The van der Waals surface area contributed by atoms with Gasteiger partial charge in [-0.05, 0) is 31.7 Å². The zero-order valence-electron chi connectivity index (χ0n) is 19.8. The first-order valence-electron chi connectivity index (χ1n) is 12.3. The Morgan fingerprint density at radius 2 is 1.86 bits per heavy atom. The molecular weight excluding hydrogens is 459 g/mol. The lowest BCUT2D eigenvalue weighted by molar-refractivity contribution is 0.0946. The third-order valence-corrected chi connectivity index (χ3v) is 6.85. The second kappa shape index (κ2) is 9.18. The topological polar surface area (TPSA) is 115 Å². The normalized spacial score (nSPS) is 15.5. The van der Waals surface area contributed by atoms with Crippen molar-refractivity contribution < 1.29 is 9.18 Å². The highest BCUT2D eigenvalue weighted by Gasteiger charge is 2.30. The number of nitrogens with two attached hydrogens (primary N) is 1. The van der Waals surface area contributed by atoms with Crippen LogP contribution in [-0.2, 0) is 13.1 Å². The van der Waals surface area contributed by atoms with E-state index < -0.39 is 5.82 Å². The number of benzene rings is 1. The van der Waals surface area contributed by atoms with E-state index in [0.717, 1.165) is 43.3 Å². The number of nitrogens with one attached hydrogen (secondary N) is 1. The lowest BCUT2D eigenvalue weighted by atomic mass is 10.1. The zero-order valence-corrected chi connectivity index (χ0v) is 19.8. The summed E-state index contributed by atoms with van der Waals surface area (Å²) < 4.78 is 17.0. The maximum Gasteiger partial charge on any atom is 0.271 e. The van der Waals surface area contributed by atoms with E-state index in [1.165, 1.54) is 19.0 Å². The van der Waals surface area contributed by atoms with Gasteiger partial charge in [0.2, 0.25) is 5.95 Å². The number of nitrogens with zero attached hydrogens (tertiary/aromatic N) is 6. The second-order valence-corrected chi connectivity index (χ2v) is 9.48. The van der Waals surface area contributed by atoms with Gasteiger partial charge in [0, 0.05) is 72.2 Å². The maximum absolute atomic E-state index is 15.0. The molecule has 36 heavy (non-hydrogen) atoms. The highest BCUT2D eigenvalue weighted by atomic mass is 19.1. The number of carbonyl (C=O) groups excluding carboxylic acids is 1. The minimum absolute atomic E-state index is 0.0419. The van der Waals surface area contributed by atoms with Crippen molar-refractivity contribution in [2.24, 2.45) is 0 Å². The van der Waals surface area contributed by atoms with Gasteiger partial charge in [-0.1, -0.05) is 12.1 Å². The first kappa shape index (κ1) is 22.4. The van der Waals surface area contributed by atoms with Gasteiger partial charge in [-0.25, -0.2) is 24.3 Å². The van der Waals surface area contributed by atoms with E-state index in [4.69, 9.17) is 5.73 Å². The number of rotatable bonds is 7. The monoisotopic (exact) mass is 486 g/mol. The Morgan fingerprint density at radius 1 is 1.08 bits per heavy atom. The molecule has 0 bridgehead atoms. The molecule has 0 atom stereocenters. The quantitative estimate of drug-likeness (QED) is 0.411. The molecule has 0 unspecified atom stereocenters. The lowest BCUT2D eigenvalue weighted by Crippen LogP contribution is -2.23. The first-order valence-corrected chi connectivity index (χ1v) is 12.3. The molecule has 6 rings (SSSR count). The van der Waals surface area contributed by atoms with Crippen LogP contribution in [0.5, 0.6) is 0 Å². The fraction of sp³-hybridized carbons (Fsp3) is 0.346. The molecule has 2 aliphatic rings. The Morgan fingerprint density at radius 3 is 2.61 bits per heavy atom. The molecule has 4 heterocycles. The van der Waals surface area contributed by atoms with E-state index >= 15 is 0 Å². The molecule has 3 N–H and O–H groups in total. The number of hydrogen-bond donors (Lipinski definition) is 2. The summed E-state index contributed by atoms with van der Waals surface area (Å²) in [6.07, 6.45) is 11.4. The lowest BCUT2D eigenvalue weighted by Gasteiger charge is -2.15. The molecule has 1 saturated carbocycles. The van der Waals surface area contributed by atoms with Gasteiger partial charge in [-0.3, -0.25) is 4.79 Å². The number of hydrogen-bond acceptors (Lipinski definition) is 7. The standard InChI is InChI=1S/C26H27FN8O/c27-22-18(5-6-20-19(22)7-8-29-23(20)28)13-30-25(36)21-15-35(24(33-21)17-3-4-17)14-16-11-31-26(32-12-16)34-9-1-2-10-34/h5-8,11-12,15,17H,1-4,9-10,13-14H2,(H2,28,29)(H,30,36). The van der Waals surface area contributed by atoms with Gasteiger partial charge in [0.1, 0.15) is 23.2 Å². The number of carbonyl (C=O) groups is 1. The van der Waals surface area contributed by atoms with Crippen molar-refractivity contribution in [2.45, 2.75) is 44.7 Å². The molecule has 3 aromatic heterocycles. The fourth-order valence-electron chi connectivity index (χ4n) is 4.73. The molecule has 0 spiro atoms. The summed E-state index contributed by atoms with van der Waals surface area (Å²) in [6, 6.07) is 4.92. The Labute approximate surface area is 207 Å². The molecule has 2 fully saturated rings.